The first-order valence-corrected chi connectivity index (χ1v) is 7.02. The van der Waals surface area contributed by atoms with Crippen LogP contribution in [-0.2, 0) is 11.2 Å². The van der Waals surface area contributed by atoms with Crippen LogP contribution >= 0.6 is 0 Å². The number of anilines is 1. The lowest BCUT2D eigenvalue weighted by atomic mass is 10.2. The SMILES string of the molecule is CCc1cc2c(N3CCCOC(C)C3)nccc2o1. The summed E-state index contributed by atoms with van der Waals surface area (Å²) in [5.41, 5.74) is 0.930. The van der Waals surface area contributed by atoms with Crippen molar-refractivity contribution >= 4 is 16.8 Å². The Balaban J connectivity index is 2.00. The Hall–Kier alpha value is -1.55. The summed E-state index contributed by atoms with van der Waals surface area (Å²) in [5, 5.41) is 1.12. The quantitative estimate of drug-likeness (QED) is 0.832. The Morgan fingerprint density at radius 2 is 2.37 bits per heavy atom. The van der Waals surface area contributed by atoms with Gasteiger partial charge in [-0.3, -0.25) is 0 Å². The van der Waals surface area contributed by atoms with Gasteiger partial charge in [0.05, 0.1) is 11.5 Å². The van der Waals surface area contributed by atoms with Crippen molar-refractivity contribution in [1.82, 2.24) is 4.98 Å². The predicted molar refractivity (Wildman–Crippen MR) is 75.6 cm³/mol. The van der Waals surface area contributed by atoms with Crippen LogP contribution in [0.4, 0.5) is 5.82 Å². The lowest BCUT2D eigenvalue weighted by Gasteiger charge is -2.23. The van der Waals surface area contributed by atoms with Gasteiger partial charge in [0.1, 0.15) is 17.2 Å². The van der Waals surface area contributed by atoms with E-state index in [2.05, 4.69) is 29.8 Å². The molecule has 0 aliphatic carbocycles. The summed E-state index contributed by atoms with van der Waals surface area (Å²) in [7, 11) is 0. The van der Waals surface area contributed by atoms with E-state index in [0.717, 1.165) is 55.1 Å². The average molecular weight is 260 g/mol. The molecule has 1 aliphatic heterocycles. The van der Waals surface area contributed by atoms with E-state index in [1.54, 1.807) is 0 Å². The molecule has 0 spiro atoms. The van der Waals surface area contributed by atoms with Gasteiger partial charge in [-0.15, -0.1) is 0 Å². The van der Waals surface area contributed by atoms with Crippen molar-refractivity contribution in [3.8, 4) is 0 Å². The summed E-state index contributed by atoms with van der Waals surface area (Å²) >= 11 is 0. The van der Waals surface area contributed by atoms with Crippen LogP contribution in [0.5, 0.6) is 0 Å². The van der Waals surface area contributed by atoms with E-state index in [1.165, 1.54) is 0 Å². The van der Waals surface area contributed by atoms with Gasteiger partial charge in [0.25, 0.3) is 0 Å². The number of ether oxygens (including phenoxy) is 1. The maximum absolute atomic E-state index is 5.81. The minimum absolute atomic E-state index is 0.247. The molecule has 1 fully saturated rings. The third kappa shape index (κ3) is 2.45. The summed E-state index contributed by atoms with van der Waals surface area (Å²) in [6, 6.07) is 4.06. The van der Waals surface area contributed by atoms with Crippen LogP contribution < -0.4 is 4.90 Å². The second-order valence-corrected chi connectivity index (χ2v) is 5.09. The zero-order chi connectivity index (χ0) is 13.2. The summed E-state index contributed by atoms with van der Waals surface area (Å²) < 4.78 is 11.5. The van der Waals surface area contributed by atoms with Crippen LogP contribution in [0.15, 0.2) is 22.7 Å². The monoisotopic (exact) mass is 260 g/mol. The number of pyridine rings is 1. The molecule has 0 amide bonds. The summed E-state index contributed by atoms with van der Waals surface area (Å²) in [6.07, 6.45) is 4.03. The van der Waals surface area contributed by atoms with Crippen LogP contribution in [0.1, 0.15) is 26.0 Å². The van der Waals surface area contributed by atoms with E-state index in [1.807, 2.05) is 12.3 Å². The third-order valence-electron chi connectivity index (χ3n) is 3.58. The number of nitrogens with zero attached hydrogens (tertiary/aromatic N) is 2. The van der Waals surface area contributed by atoms with Crippen LogP contribution in [-0.4, -0.2) is 30.8 Å². The van der Waals surface area contributed by atoms with Gasteiger partial charge in [-0.25, -0.2) is 4.98 Å². The van der Waals surface area contributed by atoms with E-state index < -0.39 is 0 Å². The molecule has 4 heteroatoms. The molecule has 2 aromatic rings. The molecular formula is C15H20N2O2. The number of furan rings is 1. The Morgan fingerprint density at radius 1 is 1.47 bits per heavy atom. The minimum atomic E-state index is 0.247. The molecule has 1 aliphatic rings. The van der Waals surface area contributed by atoms with Crippen molar-refractivity contribution in [2.75, 3.05) is 24.6 Å². The maximum atomic E-state index is 5.81. The molecule has 1 unspecified atom stereocenters. The fourth-order valence-electron chi connectivity index (χ4n) is 2.61. The Kier molecular flexibility index (Phi) is 3.42. The van der Waals surface area contributed by atoms with Crippen LogP contribution in [0.25, 0.3) is 11.0 Å². The number of aromatic nitrogens is 1. The molecule has 4 nitrogen and oxygen atoms in total. The van der Waals surface area contributed by atoms with Crippen molar-refractivity contribution in [1.29, 1.82) is 0 Å². The second-order valence-electron chi connectivity index (χ2n) is 5.09. The smallest absolute Gasteiger partial charge is 0.139 e. The Morgan fingerprint density at radius 3 is 3.21 bits per heavy atom. The second kappa shape index (κ2) is 5.21. The lowest BCUT2D eigenvalue weighted by Crippen LogP contribution is -2.30. The highest BCUT2D eigenvalue weighted by Gasteiger charge is 2.19. The van der Waals surface area contributed by atoms with Gasteiger partial charge in [0, 0.05) is 32.3 Å². The van der Waals surface area contributed by atoms with Gasteiger partial charge >= 0.3 is 0 Å². The predicted octanol–water partition coefficient (Wildman–Crippen LogP) is 3.01. The van der Waals surface area contributed by atoms with Crippen molar-refractivity contribution in [2.45, 2.75) is 32.8 Å². The first kappa shape index (κ1) is 12.5. The molecule has 0 radical (unpaired) electrons. The van der Waals surface area contributed by atoms with Gasteiger partial charge < -0.3 is 14.1 Å². The molecule has 0 bridgehead atoms. The van der Waals surface area contributed by atoms with Crippen molar-refractivity contribution in [3.05, 3.63) is 24.1 Å². The first-order chi connectivity index (χ1) is 9.28. The Labute approximate surface area is 113 Å². The molecule has 1 saturated heterocycles. The molecule has 1 atom stereocenters. The summed E-state index contributed by atoms with van der Waals surface area (Å²) in [6.45, 7) is 6.93. The normalized spacial score (nSPS) is 20.7. The standard InChI is InChI=1S/C15H20N2O2/c1-3-12-9-13-14(19-12)5-6-16-15(13)17-7-4-8-18-11(2)10-17/h5-6,9,11H,3-4,7-8,10H2,1-2H3. The van der Waals surface area contributed by atoms with Gasteiger partial charge in [-0.2, -0.15) is 0 Å². The van der Waals surface area contributed by atoms with Crippen molar-refractivity contribution in [2.24, 2.45) is 0 Å². The van der Waals surface area contributed by atoms with Gasteiger partial charge in [-0.1, -0.05) is 6.92 Å². The summed E-state index contributed by atoms with van der Waals surface area (Å²) in [5.74, 6) is 2.04. The Bertz CT molecular complexity index is 564. The first-order valence-electron chi connectivity index (χ1n) is 7.02. The minimum Gasteiger partial charge on any atom is -0.461 e. The number of aryl methyl sites for hydroxylation is 1. The third-order valence-corrected chi connectivity index (χ3v) is 3.58. The van der Waals surface area contributed by atoms with Gasteiger partial charge in [0.2, 0.25) is 0 Å². The van der Waals surface area contributed by atoms with E-state index in [9.17, 15) is 0 Å². The van der Waals surface area contributed by atoms with Crippen LogP contribution in [0.3, 0.4) is 0 Å². The summed E-state index contributed by atoms with van der Waals surface area (Å²) in [4.78, 5) is 6.88. The number of hydrogen-bond acceptors (Lipinski definition) is 4. The molecular weight excluding hydrogens is 240 g/mol. The topological polar surface area (TPSA) is 38.5 Å². The molecule has 3 heterocycles. The largest absolute Gasteiger partial charge is 0.461 e. The van der Waals surface area contributed by atoms with E-state index in [4.69, 9.17) is 9.15 Å². The van der Waals surface area contributed by atoms with Crippen LogP contribution in [0.2, 0.25) is 0 Å². The highest BCUT2D eigenvalue weighted by Crippen LogP contribution is 2.28. The maximum Gasteiger partial charge on any atom is 0.139 e. The van der Waals surface area contributed by atoms with Gasteiger partial charge in [0.15, 0.2) is 0 Å². The van der Waals surface area contributed by atoms with E-state index in [-0.39, 0.29) is 6.10 Å². The van der Waals surface area contributed by atoms with E-state index >= 15 is 0 Å². The number of hydrogen-bond donors (Lipinski definition) is 0. The highest BCUT2D eigenvalue weighted by atomic mass is 16.5. The molecule has 3 rings (SSSR count). The molecule has 0 saturated carbocycles. The zero-order valence-corrected chi connectivity index (χ0v) is 11.6. The molecule has 0 aromatic carbocycles. The van der Waals surface area contributed by atoms with Crippen molar-refractivity contribution in [3.63, 3.8) is 0 Å². The average Bonchev–Trinajstić information content (AvgIpc) is 2.73. The van der Waals surface area contributed by atoms with Gasteiger partial charge in [-0.05, 0) is 25.5 Å². The fourth-order valence-corrected chi connectivity index (χ4v) is 2.61. The molecule has 2 aromatic heterocycles. The molecule has 0 N–H and O–H groups in total. The molecule has 102 valence electrons. The highest BCUT2D eigenvalue weighted by molar-refractivity contribution is 5.89. The zero-order valence-electron chi connectivity index (χ0n) is 11.6. The lowest BCUT2D eigenvalue weighted by molar-refractivity contribution is 0.0820. The fraction of sp³-hybridized carbons (Fsp3) is 0.533. The van der Waals surface area contributed by atoms with Crippen LogP contribution in [0, 0.1) is 0 Å². The van der Waals surface area contributed by atoms with E-state index in [0.29, 0.717) is 0 Å². The van der Waals surface area contributed by atoms with Crippen molar-refractivity contribution < 1.29 is 9.15 Å². The number of rotatable bonds is 2. The molecule has 19 heavy (non-hydrogen) atoms. The number of fused-ring (bicyclic) bond motifs is 1.